The van der Waals surface area contributed by atoms with E-state index in [1.54, 1.807) is 24.3 Å². The zero-order valence-corrected chi connectivity index (χ0v) is 14.0. The maximum atomic E-state index is 12.6. The van der Waals surface area contributed by atoms with Crippen LogP contribution in [0, 0.1) is 0 Å². The number of halogens is 1. The number of aromatic nitrogens is 1. The van der Waals surface area contributed by atoms with Gasteiger partial charge in [0.05, 0.1) is 23.1 Å². The van der Waals surface area contributed by atoms with Crippen molar-refractivity contribution in [3.8, 4) is 5.75 Å². The highest BCUT2D eigenvalue weighted by Crippen LogP contribution is 2.30. The lowest BCUT2D eigenvalue weighted by molar-refractivity contribution is 0.411. The number of nitrogens with zero attached hydrogens (tertiary/aromatic N) is 1. The van der Waals surface area contributed by atoms with Crippen LogP contribution in [0.3, 0.4) is 0 Å². The first kappa shape index (κ1) is 15.3. The minimum atomic E-state index is -3.56. The Morgan fingerprint density at radius 3 is 2.73 bits per heavy atom. The first-order valence-corrected chi connectivity index (χ1v) is 9.25. The molecule has 0 aliphatic heterocycles. The van der Waals surface area contributed by atoms with Crippen molar-refractivity contribution in [2.75, 3.05) is 7.11 Å². The van der Waals surface area contributed by atoms with Gasteiger partial charge >= 0.3 is 0 Å². The van der Waals surface area contributed by atoms with Crippen molar-refractivity contribution in [2.24, 2.45) is 0 Å². The highest BCUT2D eigenvalue weighted by atomic mass is 35.5. The molecule has 3 aromatic rings. The fraction of sp³-hybridized carbons (Fsp3) is 0.133. The number of para-hydroxylation sites is 1. The Morgan fingerprint density at radius 2 is 2.00 bits per heavy atom. The van der Waals surface area contributed by atoms with E-state index in [4.69, 9.17) is 16.3 Å². The van der Waals surface area contributed by atoms with E-state index in [1.807, 2.05) is 18.2 Å². The van der Waals surface area contributed by atoms with Crippen molar-refractivity contribution in [3.05, 3.63) is 53.1 Å². The predicted octanol–water partition coefficient (Wildman–Crippen LogP) is 3.93. The van der Waals surface area contributed by atoms with E-state index < -0.39 is 9.84 Å². The van der Waals surface area contributed by atoms with Crippen LogP contribution in [0.1, 0.15) is 5.56 Å². The smallest absolute Gasteiger partial charge is 0.210 e. The number of sulfone groups is 1. The van der Waals surface area contributed by atoms with Crippen molar-refractivity contribution in [2.45, 2.75) is 10.1 Å². The third kappa shape index (κ3) is 2.95. The van der Waals surface area contributed by atoms with Gasteiger partial charge in [0.15, 0.2) is 0 Å². The Morgan fingerprint density at radius 1 is 1.23 bits per heavy atom. The van der Waals surface area contributed by atoms with E-state index in [2.05, 4.69) is 4.98 Å². The van der Waals surface area contributed by atoms with Gasteiger partial charge in [-0.1, -0.05) is 23.7 Å². The van der Waals surface area contributed by atoms with Crippen molar-refractivity contribution in [3.63, 3.8) is 0 Å². The molecule has 0 bridgehead atoms. The molecule has 0 amide bonds. The van der Waals surface area contributed by atoms with Gasteiger partial charge < -0.3 is 4.74 Å². The highest BCUT2D eigenvalue weighted by molar-refractivity contribution is 7.92. The van der Waals surface area contributed by atoms with Crippen LogP contribution in [0.25, 0.3) is 10.2 Å². The first-order valence-electron chi connectivity index (χ1n) is 6.40. The molecule has 1 heterocycles. The molecular weight excluding hydrogens is 342 g/mol. The molecule has 0 saturated carbocycles. The molecule has 1 aromatic heterocycles. The lowest BCUT2D eigenvalue weighted by Crippen LogP contribution is -2.06. The maximum absolute atomic E-state index is 12.6. The molecule has 0 unspecified atom stereocenters. The second-order valence-corrected chi connectivity index (χ2v) is 8.29. The number of fused-ring (bicyclic) bond motifs is 1. The van der Waals surface area contributed by atoms with E-state index in [0.29, 0.717) is 21.9 Å². The second-order valence-electron chi connectivity index (χ2n) is 4.66. The van der Waals surface area contributed by atoms with Crippen LogP contribution < -0.4 is 4.74 Å². The van der Waals surface area contributed by atoms with Gasteiger partial charge in [-0.3, -0.25) is 0 Å². The molecule has 0 aliphatic carbocycles. The monoisotopic (exact) mass is 353 g/mol. The molecule has 0 saturated heterocycles. The van der Waals surface area contributed by atoms with E-state index >= 15 is 0 Å². The Kier molecular flexibility index (Phi) is 4.08. The van der Waals surface area contributed by atoms with Crippen LogP contribution >= 0.6 is 22.9 Å². The highest BCUT2D eigenvalue weighted by Gasteiger charge is 2.22. The molecule has 22 heavy (non-hydrogen) atoms. The molecule has 0 spiro atoms. The summed E-state index contributed by atoms with van der Waals surface area (Å²) in [4.78, 5) is 4.22. The summed E-state index contributed by atoms with van der Waals surface area (Å²) >= 11 is 7.12. The van der Waals surface area contributed by atoms with E-state index in [9.17, 15) is 8.42 Å². The number of hydrogen-bond donors (Lipinski definition) is 0. The molecule has 4 nitrogen and oxygen atoms in total. The van der Waals surface area contributed by atoms with E-state index in [-0.39, 0.29) is 10.1 Å². The third-order valence-electron chi connectivity index (χ3n) is 3.13. The number of benzene rings is 2. The molecule has 0 atom stereocenters. The van der Waals surface area contributed by atoms with Gasteiger partial charge in [0.1, 0.15) is 5.75 Å². The maximum Gasteiger partial charge on any atom is 0.210 e. The second kappa shape index (κ2) is 5.87. The summed E-state index contributed by atoms with van der Waals surface area (Å²) in [5, 5.41) is 0.468. The standard InChI is InChI=1S/C15H12ClNO3S2/c1-20-13-7-6-11(16)8-10(13)9-22(18,19)15-17-12-4-2-3-5-14(12)21-15/h2-8H,9H2,1H3. The van der Waals surface area contributed by atoms with Gasteiger partial charge in [-0.15, -0.1) is 11.3 Å². The average Bonchev–Trinajstić information content (AvgIpc) is 2.92. The Balaban J connectivity index is 2.01. The first-order chi connectivity index (χ1) is 10.5. The molecular formula is C15H12ClNO3S2. The minimum Gasteiger partial charge on any atom is -0.496 e. The summed E-state index contributed by atoms with van der Waals surface area (Å²) in [5.74, 6) is 0.297. The van der Waals surface area contributed by atoms with Crippen LogP contribution in [0.5, 0.6) is 5.75 Å². The van der Waals surface area contributed by atoms with Crippen LogP contribution in [0.2, 0.25) is 5.02 Å². The number of hydrogen-bond acceptors (Lipinski definition) is 5. The fourth-order valence-corrected chi connectivity index (χ4v) is 4.95. The van der Waals surface area contributed by atoms with Gasteiger partial charge in [0.25, 0.3) is 0 Å². The molecule has 0 fully saturated rings. The zero-order chi connectivity index (χ0) is 15.7. The van der Waals surface area contributed by atoms with Gasteiger partial charge in [-0.2, -0.15) is 0 Å². The fourth-order valence-electron chi connectivity index (χ4n) is 2.11. The summed E-state index contributed by atoms with van der Waals surface area (Å²) in [6.45, 7) is 0. The Bertz CT molecular complexity index is 902. The normalized spacial score (nSPS) is 11.7. The van der Waals surface area contributed by atoms with E-state index in [1.165, 1.54) is 18.4 Å². The largest absolute Gasteiger partial charge is 0.496 e. The Labute approximate surface area is 137 Å². The molecule has 2 aromatic carbocycles. The number of ether oxygens (including phenoxy) is 1. The van der Waals surface area contributed by atoms with Crippen molar-refractivity contribution >= 4 is 43.0 Å². The van der Waals surface area contributed by atoms with Crippen LogP contribution in [0.15, 0.2) is 46.8 Å². The van der Waals surface area contributed by atoms with Crippen LogP contribution in [0.4, 0.5) is 0 Å². The summed E-state index contributed by atoms with van der Waals surface area (Å²) in [6.07, 6.45) is 0. The average molecular weight is 354 g/mol. The van der Waals surface area contributed by atoms with Crippen molar-refractivity contribution in [1.29, 1.82) is 0 Å². The van der Waals surface area contributed by atoms with Crippen molar-refractivity contribution in [1.82, 2.24) is 4.98 Å². The third-order valence-corrected chi connectivity index (χ3v) is 6.52. The summed E-state index contributed by atoms with van der Waals surface area (Å²) < 4.78 is 31.4. The van der Waals surface area contributed by atoms with E-state index in [0.717, 1.165) is 4.70 Å². The molecule has 0 radical (unpaired) electrons. The molecule has 0 aliphatic rings. The topological polar surface area (TPSA) is 56.3 Å². The molecule has 3 rings (SSSR count). The number of rotatable bonds is 4. The number of thiazole rings is 1. The number of methoxy groups -OCH3 is 1. The Hall–Kier alpha value is -1.63. The summed E-state index contributed by atoms with van der Waals surface area (Å²) in [5.41, 5.74) is 1.21. The van der Waals surface area contributed by atoms with Gasteiger partial charge in [0.2, 0.25) is 14.2 Å². The van der Waals surface area contributed by atoms with Crippen LogP contribution in [-0.2, 0) is 15.6 Å². The van der Waals surface area contributed by atoms with Gasteiger partial charge in [0, 0.05) is 10.6 Å². The zero-order valence-electron chi connectivity index (χ0n) is 11.6. The molecule has 114 valence electrons. The quantitative estimate of drug-likeness (QED) is 0.713. The molecule has 0 N–H and O–H groups in total. The minimum absolute atomic E-state index is 0.107. The SMILES string of the molecule is COc1ccc(Cl)cc1CS(=O)(=O)c1nc2ccccc2s1. The summed E-state index contributed by atoms with van der Waals surface area (Å²) in [6, 6.07) is 12.3. The molecule has 7 heteroatoms. The van der Waals surface area contributed by atoms with Crippen molar-refractivity contribution < 1.29 is 13.2 Å². The lowest BCUT2D eigenvalue weighted by Gasteiger charge is -2.08. The lowest BCUT2D eigenvalue weighted by atomic mass is 10.2. The predicted molar refractivity (Wildman–Crippen MR) is 88.5 cm³/mol. The van der Waals surface area contributed by atoms with Gasteiger partial charge in [-0.25, -0.2) is 13.4 Å². The summed E-state index contributed by atoms with van der Waals surface area (Å²) in [7, 11) is -2.06. The van der Waals surface area contributed by atoms with Gasteiger partial charge in [-0.05, 0) is 30.3 Å². The van der Waals surface area contributed by atoms with Crippen LogP contribution in [-0.4, -0.2) is 20.5 Å².